The van der Waals surface area contributed by atoms with E-state index < -0.39 is 20.5 Å². The van der Waals surface area contributed by atoms with Gasteiger partial charge in [0, 0.05) is 18.3 Å². The minimum Gasteiger partial charge on any atom is -0.378 e. The molecule has 0 unspecified atom stereocenters. The Morgan fingerprint density at radius 1 is 1.47 bits per heavy atom. The SMILES string of the molecule is CC(C)(CNc1ccncc1[N+](=O)[O-])NS(C)(=O)=O. The van der Waals surface area contributed by atoms with Crippen molar-refractivity contribution < 1.29 is 13.3 Å². The van der Waals surface area contributed by atoms with Gasteiger partial charge >= 0.3 is 5.69 Å². The Hall–Kier alpha value is -1.74. The van der Waals surface area contributed by atoms with Crippen molar-refractivity contribution >= 4 is 21.4 Å². The number of rotatable bonds is 6. The number of nitrogens with zero attached hydrogens (tertiary/aromatic N) is 2. The van der Waals surface area contributed by atoms with Gasteiger partial charge in [0.25, 0.3) is 0 Å². The molecule has 19 heavy (non-hydrogen) atoms. The van der Waals surface area contributed by atoms with Gasteiger partial charge in [-0.3, -0.25) is 15.1 Å². The number of sulfonamides is 1. The van der Waals surface area contributed by atoms with Crippen LogP contribution in [-0.4, -0.2) is 36.7 Å². The standard InChI is InChI=1S/C10H16N4O4S/c1-10(2,13-19(3,17)18)7-12-8-4-5-11-6-9(8)14(15)16/h4-6,13H,7H2,1-3H3,(H,11,12). The molecule has 1 aromatic heterocycles. The van der Waals surface area contributed by atoms with Crippen molar-refractivity contribution in [2.45, 2.75) is 19.4 Å². The first-order chi connectivity index (χ1) is 8.61. The van der Waals surface area contributed by atoms with Crippen molar-refractivity contribution in [3.05, 3.63) is 28.6 Å². The summed E-state index contributed by atoms with van der Waals surface area (Å²) in [7, 11) is -3.35. The van der Waals surface area contributed by atoms with E-state index in [4.69, 9.17) is 0 Å². The number of nitrogens with one attached hydrogen (secondary N) is 2. The third kappa shape index (κ3) is 5.18. The normalized spacial score (nSPS) is 12.2. The third-order valence-corrected chi connectivity index (χ3v) is 3.10. The lowest BCUT2D eigenvalue weighted by atomic mass is 10.1. The molecule has 106 valence electrons. The van der Waals surface area contributed by atoms with Gasteiger partial charge in [-0.25, -0.2) is 13.1 Å². The summed E-state index contributed by atoms with van der Waals surface area (Å²) in [4.78, 5) is 13.9. The minimum atomic E-state index is -3.35. The van der Waals surface area contributed by atoms with Crippen LogP contribution in [0.3, 0.4) is 0 Å². The summed E-state index contributed by atoms with van der Waals surface area (Å²) < 4.78 is 24.8. The van der Waals surface area contributed by atoms with Crippen molar-refractivity contribution in [2.24, 2.45) is 0 Å². The van der Waals surface area contributed by atoms with Gasteiger partial charge in [-0.2, -0.15) is 0 Å². The van der Waals surface area contributed by atoms with Crippen LogP contribution in [0.2, 0.25) is 0 Å². The van der Waals surface area contributed by atoms with E-state index in [9.17, 15) is 18.5 Å². The molecule has 0 atom stereocenters. The van der Waals surface area contributed by atoms with Crippen LogP contribution in [0.4, 0.5) is 11.4 Å². The predicted molar refractivity (Wildman–Crippen MR) is 71.4 cm³/mol. The molecular formula is C10H16N4O4S. The Bertz CT molecular complexity index is 571. The zero-order valence-electron chi connectivity index (χ0n) is 10.9. The predicted octanol–water partition coefficient (Wildman–Crippen LogP) is 0.729. The van der Waals surface area contributed by atoms with Gasteiger partial charge in [-0.15, -0.1) is 0 Å². The molecule has 0 saturated carbocycles. The van der Waals surface area contributed by atoms with Gasteiger partial charge in [-0.1, -0.05) is 0 Å². The van der Waals surface area contributed by atoms with Crippen LogP contribution in [0.5, 0.6) is 0 Å². The zero-order valence-corrected chi connectivity index (χ0v) is 11.7. The second kappa shape index (κ2) is 5.49. The highest BCUT2D eigenvalue weighted by molar-refractivity contribution is 7.88. The lowest BCUT2D eigenvalue weighted by Gasteiger charge is -2.25. The maximum absolute atomic E-state index is 11.2. The first-order valence-corrected chi connectivity index (χ1v) is 7.31. The fourth-order valence-corrected chi connectivity index (χ4v) is 2.61. The molecule has 9 heteroatoms. The van der Waals surface area contributed by atoms with E-state index in [1.807, 2.05) is 0 Å². The molecule has 0 radical (unpaired) electrons. The summed E-state index contributed by atoms with van der Waals surface area (Å²) in [5.74, 6) is 0. The monoisotopic (exact) mass is 288 g/mol. The fraction of sp³-hybridized carbons (Fsp3) is 0.500. The van der Waals surface area contributed by atoms with Crippen LogP contribution in [0.1, 0.15) is 13.8 Å². The minimum absolute atomic E-state index is 0.155. The van der Waals surface area contributed by atoms with Crippen molar-refractivity contribution in [3.8, 4) is 0 Å². The molecule has 0 aliphatic heterocycles. The van der Waals surface area contributed by atoms with Gasteiger partial charge in [0.15, 0.2) is 0 Å². The Kier molecular flexibility index (Phi) is 4.43. The summed E-state index contributed by atoms with van der Waals surface area (Å²) in [5.41, 5.74) is -0.633. The molecule has 1 aromatic rings. The number of pyridine rings is 1. The molecule has 0 aromatic carbocycles. The Labute approximate surface area is 111 Å². The average molecular weight is 288 g/mol. The van der Waals surface area contributed by atoms with Gasteiger partial charge < -0.3 is 5.32 Å². The molecule has 8 nitrogen and oxygen atoms in total. The van der Waals surface area contributed by atoms with E-state index >= 15 is 0 Å². The second-order valence-electron chi connectivity index (χ2n) is 4.76. The summed E-state index contributed by atoms with van der Waals surface area (Å²) in [5, 5.41) is 13.6. The highest BCUT2D eigenvalue weighted by atomic mass is 32.2. The highest BCUT2D eigenvalue weighted by Gasteiger charge is 2.23. The first-order valence-electron chi connectivity index (χ1n) is 5.42. The van der Waals surface area contributed by atoms with E-state index in [0.717, 1.165) is 12.5 Å². The van der Waals surface area contributed by atoms with Gasteiger partial charge in [-0.05, 0) is 19.9 Å². The Morgan fingerprint density at radius 3 is 2.63 bits per heavy atom. The topological polar surface area (TPSA) is 114 Å². The zero-order chi connectivity index (χ0) is 14.7. The number of hydrogen-bond acceptors (Lipinski definition) is 6. The number of hydrogen-bond donors (Lipinski definition) is 2. The quantitative estimate of drug-likeness (QED) is 0.589. The second-order valence-corrected chi connectivity index (χ2v) is 6.51. The van der Waals surface area contributed by atoms with E-state index in [1.165, 1.54) is 12.3 Å². The van der Waals surface area contributed by atoms with Crippen LogP contribution in [0, 0.1) is 10.1 Å². The maximum atomic E-state index is 11.2. The van der Waals surface area contributed by atoms with Crippen molar-refractivity contribution in [1.29, 1.82) is 0 Å². The van der Waals surface area contributed by atoms with Crippen LogP contribution in [-0.2, 0) is 10.0 Å². The van der Waals surface area contributed by atoms with Crippen molar-refractivity contribution in [1.82, 2.24) is 9.71 Å². The van der Waals surface area contributed by atoms with E-state index in [-0.39, 0.29) is 12.2 Å². The van der Waals surface area contributed by atoms with E-state index in [1.54, 1.807) is 13.8 Å². The van der Waals surface area contributed by atoms with Gasteiger partial charge in [0.05, 0.1) is 11.2 Å². The number of nitro groups is 1. The molecule has 2 N–H and O–H groups in total. The molecular weight excluding hydrogens is 272 g/mol. The Balaban J connectivity index is 2.80. The van der Waals surface area contributed by atoms with Crippen LogP contribution in [0.15, 0.2) is 18.5 Å². The highest BCUT2D eigenvalue weighted by Crippen LogP contribution is 2.22. The summed E-state index contributed by atoms with van der Waals surface area (Å²) >= 11 is 0. The largest absolute Gasteiger partial charge is 0.378 e. The summed E-state index contributed by atoms with van der Waals surface area (Å²) in [6, 6.07) is 1.47. The molecule has 0 aliphatic rings. The number of aromatic nitrogens is 1. The third-order valence-electron chi connectivity index (χ3n) is 2.18. The lowest BCUT2D eigenvalue weighted by molar-refractivity contribution is -0.384. The molecule has 0 amide bonds. The lowest BCUT2D eigenvalue weighted by Crippen LogP contribution is -2.47. The van der Waals surface area contributed by atoms with Gasteiger partial charge in [0.1, 0.15) is 11.9 Å². The summed E-state index contributed by atoms with van der Waals surface area (Å²) in [6.07, 6.45) is 3.62. The first kappa shape index (κ1) is 15.3. The molecule has 0 spiro atoms. The summed E-state index contributed by atoms with van der Waals surface area (Å²) in [6.45, 7) is 3.55. The number of anilines is 1. The van der Waals surface area contributed by atoms with E-state index in [2.05, 4.69) is 15.0 Å². The molecule has 0 aliphatic carbocycles. The van der Waals surface area contributed by atoms with E-state index in [0.29, 0.717) is 5.69 Å². The van der Waals surface area contributed by atoms with Crippen molar-refractivity contribution in [2.75, 3.05) is 18.1 Å². The van der Waals surface area contributed by atoms with Crippen LogP contribution < -0.4 is 10.0 Å². The molecule has 0 fully saturated rings. The molecule has 0 saturated heterocycles. The molecule has 0 bridgehead atoms. The van der Waals surface area contributed by atoms with Crippen molar-refractivity contribution in [3.63, 3.8) is 0 Å². The van der Waals surface area contributed by atoms with Crippen LogP contribution in [0.25, 0.3) is 0 Å². The van der Waals surface area contributed by atoms with Crippen LogP contribution >= 0.6 is 0 Å². The average Bonchev–Trinajstić information content (AvgIpc) is 2.23. The molecule has 1 rings (SSSR count). The smallest absolute Gasteiger partial charge is 0.310 e. The maximum Gasteiger partial charge on any atom is 0.310 e. The van der Waals surface area contributed by atoms with Gasteiger partial charge in [0.2, 0.25) is 10.0 Å². The molecule has 1 heterocycles. The fourth-order valence-electron chi connectivity index (χ4n) is 1.54. The Morgan fingerprint density at radius 2 is 2.11 bits per heavy atom.